The van der Waals surface area contributed by atoms with Crippen LogP contribution in [0.2, 0.25) is 0 Å². The number of aliphatic imine (C=N–C) groups is 1. The number of benzene rings is 1. The Morgan fingerprint density at radius 1 is 1.23 bits per heavy atom. The molecule has 1 atom stereocenters. The van der Waals surface area contributed by atoms with Crippen LogP contribution in [-0.4, -0.2) is 59.1 Å². The Hall–Kier alpha value is -3.86. The fraction of sp³-hybridized carbons (Fsp3) is 0.292. The molecule has 0 fully saturated rings. The Kier molecular flexibility index (Phi) is 7.80. The first-order chi connectivity index (χ1) is 16.5. The molecule has 8 nitrogen and oxygen atoms in total. The second-order valence-corrected chi connectivity index (χ2v) is 7.70. The molecule has 35 heavy (non-hydrogen) atoms. The lowest BCUT2D eigenvalue weighted by molar-refractivity contribution is -0.199. The van der Waals surface area contributed by atoms with E-state index in [2.05, 4.69) is 21.7 Å². The molecular formula is C24H26F3N5O3. The van der Waals surface area contributed by atoms with Gasteiger partial charge in [0.05, 0.1) is 38.3 Å². The average Bonchev–Trinajstić information content (AvgIpc) is 3.26. The maximum atomic E-state index is 13.2. The SMILES string of the molecule is C=C(C=Nc1ccc(N(CC(O)C(F)(F)F)c2cc(OC)cc(OC)c2)nc1C)c1cnn(C)c1. The van der Waals surface area contributed by atoms with Crippen molar-refractivity contribution in [3.63, 3.8) is 0 Å². The highest BCUT2D eigenvalue weighted by Crippen LogP contribution is 2.35. The summed E-state index contributed by atoms with van der Waals surface area (Å²) in [5.74, 6) is 0.932. The van der Waals surface area contributed by atoms with Gasteiger partial charge in [0, 0.05) is 48.9 Å². The lowest BCUT2D eigenvalue weighted by Crippen LogP contribution is -2.39. The third-order valence-corrected chi connectivity index (χ3v) is 5.14. The number of aliphatic hydroxyl groups is 1. The van der Waals surface area contributed by atoms with Gasteiger partial charge in [-0.1, -0.05) is 6.58 Å². The van der Waals surface area contributed by atoms with Crippen LogP contribution in [0.5, 0.6) is 11.5 Å². The highest BCUT2D eigenvalue weighted by molar-refractivity contribution is 6.09. The predicted octanol–water partition coefficient (Wildman–Crippen LogP) is 4.62. The molecule has 0 bridgehead atoms. The number of allylic oxidation sites excluding steroid dienone is 1. The molecular weight excluding hydrogens is 463 g/mol. The minimum absolute atomic E-state index is 0.186. The monoisotopic (exact) mass is 489 g/mol. The van der Waals surface area contributed by atoms with Crippen molar-refractivity contribution in [2.24, 2.45) is 12.0 Å². The zero-order valence-electron chi connectivity index (χ0n) is 19.7. The van der Waals surface area contributed by atoms with Crippen molar-refractivity contribution in [3.05, 3.63) is 60.6 Å². The van der Waals surface area contributed by atoms with E-state index >= 15 is 0 Å². The van der Waals surface area contributed by atoms with Crippen molar-refractivity contribution in [2.45, 2.75) is 19.2 Å². The van der Waals surface area contributed by atoms with Gasteiger partial charge >= 0.3 is 6.18 Å². The minimum atomic E-state index is -4.81. The van der Waals surface area contributed by atoms with E-state index in [4.69, 9.17) is 9.47 Å². The van der Waals surface area contributed by atoms with Gasteiger partial charge in [0.25, 0.3) is 0 Å². The molecule has 0 saturated carbocycles. The molecule has 1 N–H and O–H groups in total. The second-order valence-electron chi connectivity index (χ2n) is 7.70. The summed E-state index contributed by atoms with van der Waals surface area (Å²) < 4.78 is 51.8. The molecule has 11 heteroatoms. The Labute approximate surface area is 201 Å². The van der Waals surface area contributed by atoms with Crippen molar-refractivity contribution < 1.29 is 27.8 Å². The van der Waals surface area contributed by atoms with Gasteiger partial charge in [-0.15, -0.1) is 0 Å². The second kappa shape index (κ2) is 10.6. The molecule has 0 aliphatic carbocycles. The van der Waals surface area contributed by atoms with Crippen LogP contribution >= 0.6 is 0 Å². The number of ether oxygens (including phenoxy) is 2. The van der Waals surface area contributed by atoms with Gasteiger partial charge in [0.2, 0.25) is 0 Å². The molecule has 3 aromatic rings. The predicted molar refractivity (Wildman–Crippen MR) is 128 cm³/mol. The number of nitrogens with zero attached hydrogens (tertiary/aromatic N) is 5. The standard InChI is InChI=1S/C24H26F3N5O3/c1-15(17-12-29-31(3)13-17)11-28-21-6-7-23(30-16(21)2)32(14-22(33)24(25,26)27)18-8-19(34-4)10-20(9-18)35-5/h6-13,22,33H,1,14H2,2-5H3. The highest BCUT2D eigenvalue weighted by atomic mass is 19.4. The van der Waals surface area contributed by atoms with Crippen LogP contribution in [0.15, 0.2) is 54.3 Å². The van der Waals surface area contributed by atoms with Crippen LogP contribution < -0.4 is 14.4 Å². The molecule has 2 heterocycles. The van der Waals surface area contributed by atoms with Gasteiger partial charge < -0.3 is 19.5 Å². The van der Waals surface area contributed by atoms with Gasteiger partial charge in [-0.2, -0.15) is 18.3 Å². The zero-order chi connectivity index (χ0) is 25.8. The zero-order valence-corrected chi connectivity index (χ0v) is 19.7. The van der Waals surface area contributed by atoms with E-state index in [-0.39, 0.29) is 5.82 Å². The number of aliphatic hydroxyl groups excluding tert-OH is 1. The summed E-state index contributed by atoms with van der Waals surface area (Å²) in [6.07, 6.45) is -2.39. The molecule has 0 saturated heterocycles. The normalized spacial score (nSPS) is 12.6. The van der Waals surface area contributed by atoms with Crippen molar-refractivity contribution >= 4 is 29.0 Å². The number of halogens is 3. The van der Waals surface area contributed by atoms with E-state index < -0.39 is 18.8 Å². The number of pyridine rings is 1. The van der Waals surface area contributed by atoms with E-state index in [9.17, 15) is 18.3 Å². The smallest absolute Gasteiger partial charge is 0.416 e. The molecule has 0 aliphatic rings. The van der Waals surface area contributed by atoms with Crippen molar-refractivity contribution in [3.8, 4) is 11.5 Å². The van der Waals surface area contributed by atoms with E-state index in [1.165, 1.54) is 37.3 Å². The highest BCUT2D eigenvalue weighted by Gasteiger charge is 2.40. The summed E-state index contributed by atoms with van der Waals surface area (Å²) in [6.45, 7) is 4.87. The van der Waals surface area contributed by atoms with Gasteiger partial charge in [-0.05, 0) is 24.6 Å². The fourth-order valence-electron chi connectivity index (χ4n) is 3.19. The Morgan fingerprint density at radius 2 is 1.89 bits per heavy atom. The summed E-state index contributed by atoms with van der Waals surface area (Å²) in [4.78, 5) is 10.1. The number of rotatable bonds is 9. The molecule has 0 amide bonds. The van der Waals surface area contributed by atoms with Crippen LogP contribution in [0.25, 0.3) is 5.57 Å². The van der Waals surface area contributed by atoms with Crippen LogP contribution in [0.1, 0.15) is 11.3 Å². The number of aromatic nitrogens is 3. The van der Waals surface area contributed by atoms with Gasteiger partial charge in [0.15, 0.2) is 6.10 Å². The molecule has 1 unspecified atom stereocenters. The summed E-state index contributed by atoms with van der Waals surface area (Å²) in [5.41, 5.74) is 2.73. The van der Waals surface area contributed by atoms with Crippen molar-refractivity contribution in [1.29, 1.82) is 0 Å². The maximum absolute atomic E-state index is 13.2. The molecule has 186 valence electrons. The number of methoxy groups -OCH3 is 2. The van der Waals surface area contributed by atoms with Crippen LogP contribution in [-0.2, 0) is 7.05 Å². The molecule has 1 aromatic carbocycles. The summed E-state index contributed by atoms with van der Waals surface area (Å²) >= 11 is 0. The Bertz CT molecular complexity index is 1200. The number of anilines is 2. The van der Waals surface area contributed by atoms with E-state index in [0.29, 0.717) is 34.1 Å². The quantitative estimate of drug-likeness (QED) is 0.442. The Morgan fingerprint density at radius 3 is 2.40 bits per heavy atom. The molecule has 0 spiro atoms. The van der Waals surface area contributed by atoms with Crippen molar-refractivity contribution in [1.82, 2.24) is 14.8 Å². The van der Waals surface area contributed by atoms with Crippen molar-refractivity contribution in [2.75, 3.05) is 25.7 Å². The number of hydrogen-bond acceptors (Lipinski definition) is 7. The maximum Gasteiger partial charge on any atom is 0.416 e. The molecule has 0 aliphatic heterocycles. The summed E-state index contributed by atoms with van der Waals surface area (Å²) in [6, 6.07) is 7.82. The number of aryl methyl sites for hydroxylation is 2. The number of hydrogen-bond donors (Lipinski definition) is 1. The molecule has 0 radical (unpaired) electrons. The lowest BCUT2D eigenvalue weighted by atomic mass is 10.2. The summed E-state index contributed by atoms with van der Waals surface area (Å²) in [5, 5.41) is 13.9. The van der Waals surface area contributed by atoms with E-state index in [1.807, 2.05) is 0 Å². The number of alkyl halides is 3. The van der Waals surface area contributed by atoms with Crippen LogP contribution in [0.4, 0.5) is 30.4 Å². The largest absolute Gasteiger partial charge is 0.497 e. The third kappa shape index (κ3) is 6.38. The topological polar surface area (TPSA) is 85.0 Å². The van der Waals surface area contributed by atoms with Gasteiger partial charge in [-0.3, -0.25) is 9.67 Å². The first kappa shape index (κ1) is 25.8. The van der Waals surface area contributed by atoms with Crippen LogP contribution in [0, 0.1) is 6.92 Å². The van der Waals surface area contributed by atoms with Gasteiger partial charge in [-0.25, -0.2) is 4.98 Å². The van der Waals surface area contributed by atoms with E-state index in [1.54, 1.807) is 49.4 Å². The van der Waals surface area contributed by atoms with Crippen LogP contribution in [0.3, 0.4) is 0 Å². The third-order valence-electron chi connectivity index (χ3n) is 5.14. The van der Waals surface area contributed by atoms with Gasteiger partial charge in [0.1, 0.15) is 17.3 Å². The Balaban J connectivity index is 1.96. The fourth-order valence-corrected chi connectivity index (χ4v) is 3.19. The minimum Gasteiger partial charge on any atom is -0.497 e. The molecule has 2 aromatic heterocycles. The average molecular weight is 489 g/mol. The first-order valence-electron chi connectivity index (χ1n) is 10.5. The lowest BCUT2D eigenvalue weighted by Gasteiger charge is -2.28. The summed E-state index contributed by atoms with van der Waals surface area (Å²) in [7, 11) is 4.66. The molecule has 3 rings (SSSR count). The van der Waals surface area contributed by atoms with E-state index in [0.717, 1.165) is 5.56 Å². The first-order valence-corrected chi connectivity index (χ1v) is 10.5.